The number of aryl methyl sites for hydroxylation is 2. The van der Waals surface area contributed by atoms with Crippen LogP contribution in [-0.2, 0) is 19.3 Å². The SMILES string of the molecule is CCc1ccc2c(c1)[C@H](NC[C@@H](O)[C@H](Cc1cc(F)cc(F)c1)NC(=O)c1ccc(Cl)s1)CCC2. The normalized spacial score (nSPS) is 17.0. The second kappa shape index (κ2) is 11.6. The minimum atomic E-state index is -0.986. The van der Waals surface area contributed by atoms with Crippen LogP contribution in [0.5, 0.6) is 0 Å². The van der Waals surface area contributed by atoms with Crippen molar-refractivity contribution in [1.29, 1.82) is 0 Å². The Labute approximate surface area is 213 Å². The molecule has 4 rings (SSSR count). The number of hydrogen-bond acceptors (Lipinski definition) is 4. The Morgan fingerprint density at radius 1 is 1.14 bits per heavy atom. The number of thiophene rings is 1. The first-order chi connectivity index (χ1) is 16.8. The summed E-state index contributed by atoms with van der Waals surface area (Å²) >= 11 is 7.09. The summed E-state index contributed by atoms with van der Waals surface area (Å²) in [6.07, 6.45) is 3.08. The monoisotopic (exact) mass is 518 g/mol. The number of amides is 1. The third kappa shape index (κ3) is 6.67. The summed E-state index contributed by atoms with van der Waals surface area (Å²) in [5.74, 6) is -1.79. The van der Waals surface area contributed by atoms with Crippen LogP contribution in [0.2, 0.25) is 4.34 Å². The van der Waals surface area contributed by atoms with E-state index >= 15 is 0 Å². The van der Waals surface area contributed by atoms with Crippen molar-refractivity contribution in [2.75, 3.05) is 6.54 Å². The summed E-state index contributed by atoms with van der Waals surface area (Å²) in [6, 6.07) is 12.4. The Hall–Kier alpha value is -2.32. The van der Waals surface area contributed by atoms with Gasteiger partial charge in [-0.3, -0.25) is 4.79 Å². The maximum absolute atomic E-state index is 13.8. The Bertz CT molecular complexity index is 1170. The number of aliphatic hydroxyl groups excluding tert-OH is 1. The summed E-state index contributed by atoms with van der Waals surface area (Å²) in [6.45, 7) is 2.34. The Balaban J connectivity index is 1.50. The minimum absolute atomic E-state index is 0.0730. The zero-order valence-electron chi connectivity index (χ0n) is 19.5. The highest BCUT2D eigenvalue weighted by Gasteiger charge is 2.26. The van der Waals surface area contributed by atoms with Crippen molar-refractivity contribution >= 4 is 28.8 Å². The molecule has 0 saturated carbocycles. The average Bonchev–Trinajstić information content (AvgIpc) is 3.27. The van der Waals surface area contributed by atoms with Crippen LogP contribution in [0.4, 0.5) is 8.78 Å². The van der Waals surface area contributed by atoms with E-state index < -0.39 is 29.7 Å². The quantitative estimate of drug-likeness (QED) is 0.345. The summed E-state index contributed by atoms with van der Waals surface area (Å²) in [4.78, 5) is 13.2. The highest BCUT2D eigenvalue weighted by Crippen LogP contribution is 2.31. The zero-order valence-corrected chi connectivity index (χ0v) is 21.1. The first-order valence-electron chi connectivity index (χ1n) is 11.9. The molecule has 1 amide bonds. The highest BCUT2D eigenvalue weighted by molar-refractivity contribution is 7.18. The molecule has 3 aromatic rings. The molecule has 35 heavy (non-hydrogen) atoms. The lowest BCUT2D eigenvalue weighted by Crippen LogP contribution is -2.49. The van der Waals surface area contributed by atoms with Crippen LogP contribution in [-0.4, -0.2) is 29.7 Å². The van der Waals surface area contributed by atoms with E-state index in [-0.39, 0.29) is 19.0 Å². The first kappa shape index (κ1) is 25.8. The number of rotatable bonds is 9. The average molecular weight is 519 g/mol. The van der Waals surface area contributed by atoms with E-state index in [2.05, 4.69) is 35.8 Å². The van der Waals surface area contributed by atoms with Gasteiger partial charge in [-0.15, -0.1) is 11.3 Å². The minimum Gasteiger partial charge on any atom is -0.390 e. The molecule has 1 heterocycles. The molecule has 0 saturated heterocycles. The summed E-state index contributed by atoms with van der Waals surface area (Å²) in [5.41, 5.74) is 4.19. The highest BCUT2D eigenvalue weighted by atomic mass is 35.5. The lowest BCUT2D eigenvalue weighted by molar-refractivity contribution is 0.0826. The van der Waals surface area contributed by atoms with Crippen molar-refractivity contribution in [3.63, 3.8) is 0 Å². The maximum Gasteiger partial charge on any atom is 0.261 e. The van der Waals surface area contributed by atoms with Crippen molar-refractivity contribution < 1.29 is 18.7 Å². The smallest absolute Gasteiger partial charge is 0.261 e. The van der Waals surface area contributed by atoms with E-state index in [0.29, 0.717) is 14.8 Å². The largest absolute Gasteiger partial charge is 0.390 e. The summed E-state index contributed by atoms with van der Waals surface area (Å²) in [5, 5.41) is 17.4. The van der Waals surface area contributed by atoms with Crippen molar-refractivity contribution in [3.8, 4) is 0 Å². The van der Waals surface area contributed by atoms with E-state index in [9.17, 15) is 18.7 Å². The fourth-order valence-electron chi connectivity index (χ4n) is 4.63. The van der Waals surface area contributed by atoms with E-state index in [4.69, 9.17) is 11.6 Å². The molecule has 0 radical (unpaired) electrons. The van der Waals surface area contributed by atoms with E-state index in [1.165, 1.54) is 28.8 Å². The molecule has 3 N–H and O–H groups in total. The zero-order chi connectivity index (χ0) is 24.9. The van der Waals surface area contributed by atoms with E-state index in [0.717, 1.165) is 43.1 Å². The Morgan fingerprint density at radius 3 is 2.60 bits per heavy atom. The molecule has 4 nitrogen and oxygen atoms in total. The van der Waals surface area contributed by atoms with Gasteiger partial charge in [0.15, 0.2) is 0 Å². The van der Waals surface area contributed by atoms with Crippen LogP contribution in [0.1, 0.15) is 57.7 Å². The number of hydrogen-bond donors (Lipinski definition) is 3. The van der Waals surface area contributed by atoms with Crippen molar-refractivity contribution in [2.45, 2.75) is 57.2 Å². The van der Waals surface area contributed by atoms with Gasteiger partial charge in [0.25, 0.3) is 5.91 Å². The van der Waals surface area contributed by atoms with Crippen LogP contribution in [0.3, 0.4) is 0 Å². The molecule has 0 bridgehead atoms. The van der Waals surface area contributed by atoms with E-state index in [1.807, 2.05) is 0 Å². The van der Waals surface area contributed by atoms with Crippen LogP contribution >= 0.6 is 22.9 Å². The van der Waals surface area contributed by atoms with E-state index in [1.54, 1.807) is 12.1 Å². The molecule has 1 aromatic heterocycles. The molecule has 8 heteroatoms. The maximum atomic E-state index is 13.8. The number of aliphatic hydroxyl groups is 1. The van der Waals surface area contributed by atoms with Crippen LogP contribution in [0, 0.1) is 11.6 Å². The predicted molar refractivity (Wildman–Crippen MR) is 136 cm³/mol. The van der Waals surface area contributed by atoms with Gasteiger partial charge in [0.1, 0.15) is 11.6 Å². The lowest BCUT2D eigenvalue weighted by atomic mass is 9.86. The Kier molecular flexibility index (Phi) is 8.55. The second-order valence-corrected chi connectivity index (χ2v) is 10.7. The molecule has 2 aromatic carbocycles. The number of carbonyl (C=O) groups is 1. The topological polar surface area (TPSA) is 61.4 Å². The first-order valence-corrected chi connectivity index (χ1v) is 13.1. The number of carbonyl (C=O) groups excluding carboxylic acids is 1. The lowest BCUT2D eigenvalue weighted by Gasteiger charge is -2.30. The Morgan fingerprint density at radius 2 is 1.91 bits per heavy atom. The fraction of sp³-hybridized carbons (Fsp3) is 0.370. The molecule has 0 aliphatic heterocycles. The summed E-state index contributed by atoms with van der Waals surface area (Å²) in [7, 11) is 0. The van der Waals surface area contributed by atoms with Gasteiger partial charge < -0.3 is 15.7 Å². The summed E-state index contributed by atoms with van der Waals surface area (Å²) < 4.78 is 28.1. The third-order valence-corrected chi connectivity index (χ3v) is 7.69. The van der Waals surface area contributed by atoms with Gasteiger partial charge in [-0.05, 0) is 78.6 Å². The van der Waals surface area contributed by atoms with Crippen LogP contribution in [0.15, 0.2) is 48.5 Å². The van der Waals surface area contributed by atoms with Crippen LogP contribution < -0.4 is 10.6 Å². The molecule has 186 valence electrons. The molecule has 0 fully saturated rings. The second-order valence-electron chi connectivity index (χ2n) is 8.97. The molecule has 0 spiro atoms. The van der Waals surface area contributed by atoms with Crippen molar-refractivity contribution in [1.82, 2.24) is 10.6 Å². The van der Waals surface area contributed by atoms with Crippen molar-refractivity contribution in [3.05, 3.63) is 91.6 Å². The molecular formula is C27H29ClF2N2O2S. The van der Waals surface area contributed by atoms with Crippen molar-refractivity contribution in [2.24, 2.45) is 0 Å². The van der Waals surface area contributed by atoms with Gasteiger partial charge >= 0.3 is 0 Å². The fourth-order valence-corrected chi connectivity index (χ4v) is 5.57. The van der Waals surface area contributed by atoms with Gasteiger partial charge in [-0.2, -0.15) is 0 Å². The number of halogens is 3. The van der Waals surface area contributed by atoms with Crippen LogP contribution in [0.25, 0.3) is 0 Å². The molecule has 3 atom stereocenters. The number of nitrogens with one attached hydrogen (secondary N) is 2. The number of benzene rings is 2. The van der Waals surface area contributed by atoms with Gasteiger partial charge in [0.05, 0.1) is 21.4 Å². The standard InChI is InChI=1S/C27H29ClF2N2O2S/c1-2-16-6-7-18-4-3-5-22(21(18)12-16)31-15-24(33)23(13-17-10-19(29)14-20(30)11-17)32-27(34)25-8-9-26(28)35-25/h6-12,14,22-24,31,33H,2-5,13,15H2,1H3,(H,32,34)/t22-,23+,24-/m1/s1. The van der Waals surface area contributed by atoms with Gasteiger partial charge in [-0.1, -0.05) is 36.7 Å². The number of fused-ring (bicyclic) bond motifs is 1. The van der Waals surface area contributed by atoms with Gasteiger partial charge in [0.2, 0.25) is 0 Å². The molecule has 1 aliphatic carbocycles. The molecule has 0 unspecified atom stereocenters. The van der Waals surface area contributed by atoms with Gasteiger partial charge in [-0.25, -0.2) is 8.78 Å². The molecular weight excluding hydrogens is 490 g/mol. The third-order valence-electron chi connectivity index (χ3n) is 6.46. The molecule has 1 aliphatic rings. The van der Waals surface area contributed by atoms with Gasteiger partial charge in [0, 0.05) is 18.7 Å². The predicted octanol–water partition coefficient (Wildman–Crippen LogP) is 5.61.